The second kappa shape index (κ2) is 11.5. The molecule has 0 bridgehead atoms. The van der Waals surface area contributed by atoms with Crippen LogP contribution in [0.15, 0.2) is 87.9 Å². The Morgan fingerprint density at radius 1 is 0.700 bits per heavy atom. The summed E-state index contributed by atoms with van der Waals surface area (Å²) in [6.45, 7) is 0. The molecular weight excluding hydrogens is 433 g/mol. The van der Waals surface area contributed by atoms with E-state index in [1.807, 2.05) is 24.3 Å². The van der Waals surface area contributed by atoms with Crippen molar-refractivity contribution >= 4 is 43.0 Å². The van der Waals surface area contributed by atoms with Gasteiger partial charge in [0.25, 0.3) is 10.1 Å². The van der Waals surface area contributed by atoms with Crippen molar-refractivity contribution < 1.29 is 111 Å². The zero-order chi connectivity index (χ0) is 19.0. The summed E-state index contributed by atoms with van der Waals surface area (Å²) in [5.41, 5.74) is 0.751. The molecule has 0 aliphatic carbocycles. The molecule has 0 aromatic heterocycles. The topological polar surface area (TPSA) is 99.3 Å². The molecule has 0 saturated carbocycles. The maximum absolute atomic E-state index is 11.6. The van der Waals surface area contributed by atoms with Gasteiger partial charge in [0.2, 0.25) is 0 Å². The fourth-order valence-electron chi connectivity index (χ4n) is 3.02. The number of rotatable bonds is 3. The molecule has 0 saturated heterocycles. The van der Waals surface area contributed by atoms with Crippen molar-refractivity contribution in [3.8, 4) is 5.75 Å². The van der Waals surface area contributed by atoms with E-state index in [-0.39, 0.29) is 104 Å². The molecule has 4 rings (SSSR count). The number of azo groups is 1. The van der Waals surface area contributed by atoms with E-state index in [0.717, 1.165) is 10.8 Å². The smallest absolute Gasteiger partial charge is 1.00 e. The molecule has 30 heavy (non-hydrogen) atoms. The van der Waals surface area contributed by atoms with Gasteiger partial charge in [-0.3, -0.25) is 4.55 Å². The Kier molecular flexibility index (Phi) is 10.7. The third-order valence-electron chi connectivity index (χ3n) is 4.28. The SMILES string of the molecule is O=S(=O)(O)c1ccc(N=Nc2c(O)ccc3ccccc23)c2ccccc12.[H-].[H-].[H-].[Na+].[Na+].[Na+]. The van der Waals surface area contributed by atoms with E-state index < -0.39 is 10.1 Å². The van der Waals surface area contributed by atoms with E-state index >= 15 is 0 Å². The van der Waals surface area contributed by atoms with Crippen molar-refractivity contribution in [2.75, 3.05) is 0 Å². The molecule has 0 radical (unpaired) electrons. The molecule has 0 spiro atoms. The molecule has 0 aliphatic heterocycles. The maximum atomic E-state index is 11.6. The Labute approximate surface area is 244 Å². The van der Waals surface area contributed by atoms with Crippen LogP contribution in [0.3, 0.4) is 0 Å². The Balaban J connectivity index is -0.00000150. The van der Waals surface area contributed by atoms with Gasteiger partial charge in [0.05, 0.1) is 5.69 Å². The van der Waals surface area contributed by atoms with Crippen LogP contribution in [0.5, 0.6) is 5.75 Å². The second-order valence-corrected chi connectivity index (χ2v) is 7.35. The number of hydrogen-bond acceptors (Lipinski definition) is 5. The van der Waals surface area contributed by atoms with Crippen LogP contribution in [-0.4, -0.2) is 18.1 Å². The summed E-state index contributed by atoms with van der Waals surface area (Å²) in [7, 11) is -4.36. The van der Waals surface area contributed by atoms with Crippen LogP contribution < -0.4 is 88.7 Å². The molecule has 2 N–H and O–H groups in total. The first kappa shape index (κ1) is 27.7. The van der Waals surface area contributed by atoms with Gasteiger partial charge in [-0.05, 0) is 23.6 Å². The monoisotopic (exact) mass is 450 g/mol. The minimum absolute atomic E-state index is 0. The number of aromatic hydroxyl groups is 1. The van der Waals surface area contributed by atoms with Gasteiger partial charge in [0.1, 0.15) is 16.3 Å². The van der Waals surface area contributed by atoms with Crippen LogP contribution >= 0.6 is 0 Å². The summed E-state index contributed by atoms with van der Waals surface area (Å²) in [4.78, 5) is -0.190. The Hall–Kier alpha value is -0.290. The van der Waals surface area contributed by atoms with Gasteiger partial charge < -0.3 is 9.39 Å². The second-order valence-electron chi connectivity index (χ2n) is 5.96. The van der Waals surface area contributed by atoms with E-state index in [9.17, 15) is 18.1 Å². The van der Waals surface area contributed by atoms with Gasteiger partial charge in [-0.15, -0.1) is 10.2 Å². The fraction of sp³-hybridized carbons (Fsp3) is 0. The zero-order valence-corrected chi connectivity index (χ0v) is 23.8. The number of fused-ring (bicyclic) bond motifs is 2. The molecule has 4 aromatic rings. The molecule has 140 valence electrons. The summed E-state index contributed by atoms with van der Waals surface area (Å²) in [5.74, 6) is -0.00342. The first-order valence-electron chi connectivity index (χ1n) is 8.07. The average molecular weight is 450 g/mol. The van der Waals surface area contributed by atoms with Crippen molar-refractivity contribution in [1.29, 1.82) is 0 Å². The van der Waals surface area contributed by atoms with Gasteiger partial charge in [-0.2, -0.15) is 8.42 Å². The van der Waals surface area contributed by atoms with Gasteiger partial charge >= 0.3 is 88.7 Å². The van der Waals surface area contributed by atoms with Crippen LogP contribution in [0.1, 0.15) is 4.28 Å². The van der Waals surface area contributed by atoms with Crippen molar-refractivity contribution in [3.05, 3.63) is 72.8 Å². The largest absolute Gasteiger partial charge is 1.00 e. The van der Waals surface area contributed by atoms with E-state index in [1.165, 1.54) is 12.1 Å². The third kappa shape index (κ3) is 5.74. The molecular formula is C20H17N2Na3O4S. The van der Waals surface area contributed by atoms with Crippen LogP contribution in [0.2, 0.25) is 0 Å². The minimum atomic E-state index is -4.36. The van der Waals surface area contributed by atoms with Gasteiger partial charge in [0.15, 0.2) is 0 Å². The molecule has 10 heteroatoms. The molecule has 0 heterocycles. The maximum Gasteiger partial charge on any atom is 1.00 e. The van der Waals surface area contributed by atoms with Crippen molar-refractivity contribution in [2.45, 2.75) is 4.90 Å². The van der Waals surface area contributed by atoms with Crippen LogP contribution in [0.4, 0.5) is 11.4 Å². The molecule has 4 aromatic carbocycles. The first-order chi connectivity index (χ1) is 12.9. The summed E-state index contributed by atoms with van der Waals surface area (Å²) in [6, 6.07) is 20.3. The molecule has 0 aliphatic rings. The summed E-state index contributed by atoms with van der Waals surface area (Å²) in [6.07, 6.45) is 0. The average Bonchev–Trinajstić information content (AvgIpc) is 2.66. The van der Waals surface area contributed by atoms with Gasteiger partial charge in [-0.25, -0.2) is 0 Å². The summed E-state index contributed by atoms with van der Waals surface area (Å²) < 4.78 is 32.6. The third-order valence-corrected chi connectivity index (χ3v) is 5.19. The number of benzene rings is 4. The zero-order valence-electron chi connectivity index (χ0n) is 19.9. The minimum Gasteiger partial charge on any atom is -1.00 e. The molecule has 0 unspecified atom stereocenters. The summed E-state index contributed by atoms with van der Waals surface area (Å²) >= 11 is 0. The Morgan fingerprint density at radius 3 is 1.97 bits per heavy atom. The normalized spacial score (nSPS) is 11.0. The number of phenols is 1. The van der Waals surface area contributed by atoms with Crippen LogP contribution in [-0.2, 0) is 10.1 Å². The van der Waals surface area contributed by atoms with E-state index in [0.29, 0.717) is 22.1 Å². The molecule has 0 amide bonds. The van der Waals surface area contributed by atoms with Crippen LogP contribution in [0.25, 0.3) is 21.5 Å². The number of phenolic OH excluding ortho intramolecular Hbond substituents is 1. The van der Waals surface area contributed by atoms with Crippen LogP contribution in [0, 0.1) is 0 Å². The van der Waals surface area contributed by atoms with Crippen molar-refractivity contribution in [1.82, 2.24) is 0 Å². The van der Waals surface area contributed by atoms with E-state index in [4.69, 9.17) is 0 Å². The summed E-state index contributed by atoms with van der Waals surface area (Å²) in [5, 5.41) is 21.2. The van der Waals surface area contributed by atoms with Crippen molar-refractivity contribution in [2.24, 2.45) is 10.2 Å². The predicted molar refractivity (Wildman–Crippen MR) is 107 cm³/mol. The molecule has 0 atom stereocenters. The van der Waals surface area contributed by atoms with E-state index in [2.05, 4.69) is 10.2 Å². The van der Waals surface area contributed by atoms with Crippen molar-refractivity contribution in [3.63, 3.8) is 0 Å². The van der Waals surface area contributed by atoms with E-state index in [1.54, 1.807) is 36.4 Å². The Morgan fingerprint density at radius 2 is 1.30 bits per heavy atom. The molecule has 6 nitrogen and oxygen atoms in total. The first-order valence-corrected chi connectivity index (χ1v) is 9.51. The number of nitrogens with zero attached hydrogens (tertiary/aromatic N) is 2. The standard InChI is InChI=1S/C20H14N2O4S.3Na.3H/c23-18-11-9-13-5-1-2-6-14(13)20(18)22-21-17-10-12-19(27(24,25)26)16-8-4-3-7-15(16)17;;;;;;/h1-12,23H,(H,24,25,26);;;;;;/q;3*+1;3*-1. The van der Waals surface area contributed by atoms with Gasteiger partial charge in [-0.1, -0.05) is 54.6 Å². The fourth-order valence-corrected chi connectivity index (χ4v) is 3.72. The molecule has 0 fully saturated rings. The Bertz CT molecular complexity index is 1340. The number of hydrogen-bond donors (Lipinski definition) is 2. The quantitative estimate of drug-likeness (QED) is 0.194. The van der Waals surface area contributed by atoms with Gasteiger partial charge in [0, 0.05) is 16.2 Å². The predicted octanol–water partition coefficient (Wildman–Crippen LogP) is -3.29.